The van der Waals surface area contributed by atoms with E-state index in [2.05, 4.69) is 20.8 Å². The Morgan fingerprint density at radius 3 is 2.91 bits per heavy atom. The van der Waals surface area contributed by atoms with Crippen molar-refractivity contribution in [3.8, 4) is 0 Å². The van der Waals surface area contributed by atoms with Gasteiger partial charge in [-0.15, -0.1) is 10.2 Å². The van der Waals surface area contributed by atoms with E-state index >= 15 is 0 Å². The Kier molecular flexibility index (Phi) is 5.77. The maximum absolute atomic E-state index is 11.9. The van der Waals surface area contributed by atoms with Crippen molar-refractivity contribution in [1.29, 1.82) is 0 Å². The van der Waals surface area contributed by atoms with Gasteiger partial charge in [0.1, 0.15) is 6.33 Å². The van der Waals surface area contributed by atoms with Gasteiger partial charge in [-0.25, -0.2) is 4.79 Å². The minimum absolute atomic E-state index is 0.0241. The van der Waals surface area contributed by atoms with Gasteiger partial charge < -0.3 is 15.2 Å². The van der Waals surface area contributed by atoms with Gasteiger partial charge in [-0.3, -0.25) is 0 Å². The van der Waals surface area contributed by atoms with Crippen molar-refractivity contribution >= 4 is 17.6 Å². The van der Waals surface area contributed by atoms with E-state index in [1.807, 2.05) is 42.7 Å². The molecule has 0 spiro atoms. The number of aromatic nitrogens is 3. The molecule has 0 aliphatic heterocycles. The highest BCUT2D eigenvalue weighted by Crippen LogP contribution is 2.16. The molecule has 2 N–H and O–H groups in total. The minimum atomic E-state index is -0.231. The molecule has 0 saturated heterocycles. The summed E-state index contributed by atoms with van der Waals surface area (Å²) in [4.78, 5) is 11.9. The molecular formula is C15H20ClN5O. The van der Waals surface area contributed by atoms with Crippen molar-refractivity contribution in [3.63, 3.8) is 0 Å². The molecular weight excluding hydrogens is 302 g/mol. The zero-order chi connectivity index (χ0) is 15.9. The van der Waals surface area contributed by atoms with Gasteiger partial charge >= 0.3 is 6.03 Å². The van der Waals surface area contributed by atoms with Crippen LogP contribution in [-0.4, -0.2) is 26.8 Å². The zero-order valence-electron chi connectivity index (χ0n) is 12.7. The molecule has 0 bridgehead atoms. The smallest absolute Gasteiger partial charge is 0.315 e. The Balaban J connectivity index is 1.80. The van der Waals surface area contributed by atoms with E-state index in [1.54, 1.807) is 6.33 Å². The van der Waals surface area contributed by atoms with Crippen LogP contribution in [-0.2, 0) is 19.5 Å². The number of benzene rings is 1. The zero-order valence-corrected chi connectivity index (χ0v) is 13.5. The third-order valence-corrected chi connectivity index (χ3v) is 3.67. The SMILES string of the molecule is CCn1cnnc1CNC(=O)NC(C)Cc1ccccc1Cl. The first kappa shape index (κ1) is 16.3. The number of carbonyl (C=O) groups excluding carboxylic acids is 1. The molecule has 6 nitrogen and oxygen atoms in total. The van der Waals surface area contributed by atoms with E-state index in [1.165, 1.54) is 0 Å². The number of hydrogen-bond donors (Lipinski definition) is 2. The van der Waals surface area contributed by atoms with Crippen LogP contribution in [0, 0.1) is 0 Å². The van der Waals surface area contributed by atoms with Crippen LogP contribution in [0.1, 0.15) is 25.2 Å². The fourth-order valence-corrected chi connectivity index (χ4v) is 2.37. The molecule has 7 heteroatoms. The van der Waals surface area contributed by atoms with Crippen LogP contribution in [0.2, 0.25) is 5.02 Å². The van der Waals surface area contributed by atoms with Crippen molar-refractivity contribution in [2.24, 2.45) is 0 Å². The van der Waals surface area contributed by atoms with E-state index in [0.29, 0.717) is 18.0 Å². The second kappa shape index (κ2) is 7.79. The molecule has 2 rings (SSSR count). The molecule has 1 aromatic heterocycles. The first-order valence-corrected chi connectivity index (χ1v) is 7.62. The predicted molar refractivity (Wildman–Crippen MR) is 85.7 cm³/mol. The van der Waals surface area contributed by atoms with E-state index in [4.69, 9.17) is 11.6 Å². The Hall–Kier alpha value is -2.08. The van der Waals surface area contributed by atoms with Crippen LogP contribution in [0.5, 0.6) is 0 Å². The molecule has 2 aromatic rings. The minimum Gasteiger partial charge on any atom is -0.335 e. The second-order valence-electron chi connectivity index (χ2n) is 5.06. The molecule has 0 saturated carbocycles. The van der Waals surface area contributed by atoms with Crippen molar-refractivity contribution in [1.82, 2.24) is 25.4 Å². The van der Waals surface area contributed by atoms with Gasteiger partial charge in [0.15, 0.2) is 5.82 Å². The van der Waals surface area contributed by atoms with Crippen LogP contribution in [0.25, 0.3) is 0 Å². The summed E-state index contributed by atoms with van der Waals surface area (Å²) in [6.45, 7) is 5.06. The standard InChI is InChI=1S/C15H20ClN5O/c1-3-21-10-18-20-14(21)9-17-15(22)19-11(2)8-12-6-4-5-7-13(12)16/h4-7,10-11H,3,8-9H2,1-2H3,(H2,17,19,22). The molecule has 0 aliphatic carbocycles. The van der Waals surface area contributed by atoms with Crippen LogP contribution in [0.4, 0.5) is 4.79 Å². The average Bonchev–Trinajstić information content (AvgIpc) is 2.95. The summed E-state index contributed by atoms with van der Waals surface area (Å²) in [5.41, 5.74) is 1.02. The number of aryl methyl sites for hydroxylation is 1. The fourth-order valence-electron chi connectivity index (χ4n) is 2.16. The van der Waals surface area contributed by atoms with Crippen molar-refractivity contribution in [2.75, 3.05) is 0 Å². The Morgan fingerprint density at radius 2 is 2.18 bits per heavy atom. The maximum atomic E-state index is 11.9. The Labute approximate surface area is 134 Å². The second-order valence-corrected chi connectivity index (χ2v) is 5.46. The van der Waals surface area contributed by atoms with Gasteiger partial charge in [0.25, 0.3) is 0 Å². The quantitative estimate of drug-likeness (QED) is 0.858. The first-order valence-electron chi connectivity index (χ1n) is 7.24. The van der Waals surface area contributed by atoms with Gasteiger partial charge in [-0.1, -0.05) is 29.8 Å². The van der Waals surface area contributed by atoms with Gasteiger partial charge in [0.05, 0.1) is 6.54 Å². The van der Waals surface area contributed by atoms with Crippen molar-refractivity contribution in [2.45, 2.75) is 39.4 Å². The summed E-state index contributed by atoms with van der Waals surface area (Å²) < 4.78 is 1.88. The molecule has 1 aromatic carbocycles. The molecule has 1 heterocycles. The number of amides is 2. The molecule has 22 heavy (non-hydrogen) atoms. The van der Waals surface area contributed by atoms with Gasteiger partial charge in [-0.05, 0) is 31.9 Å². The fraction of sp³-hybridized carbons (Fsp3) is 0.400. The Bertz CT molecular complexity index is 628. The number of urea groups is 1. The van der Waals surface area contributed by atoms with E-state index in [9.17, 15) is 4.79 Å². The summed E-state index contributed by atoms with van der Waals surface area (Å²) in [7, 11) is 0. The topological polar surface area (TPSA) is 71.8 Å². The van der Waals surface area contributed by atoms with E-state index in [0.717, 1.165) is 17.9 Å². The molecule has 0 fully saturated rings. The van der Waals surface area contributed by atoms with E-state index in [-0.39, 0.29) is 12.1 Å². The summed E-state index contributed by atoms with van der Waals surface area (Å²) in [5.74, 6) is 0.733. The average molecular weight is 322 g/mol. The normalized spacial score (nSPS) is 12.0. The lowest BCUT2D eigenvalue weighted by atomic mass is 10.1. The highest BCUT2D eigenvalue weighted by atomic mass is 35.5. The summed E-state index contributed by atoms with van der Waals surface area (Å²) >= 11 is 6.12. The van der Waals surface area contributed by atoms with Crippen LogP contribution < -0.4 is 10.6 Å². The largest absolute Gasteiger partial charge is 0.335 e. The van der Waals surface area contributed by atoms with E-state index < -0.39 is 0 Å². The molecule has 0 radical (unpaired) electrons. The number of nitrogens with one attached hydrogen (secondary N) is 2. The van der Waals surface area contributed by atoms with Crippen molar-refractivity contribution in [3.05, 3.63) is 47.0 Å². The van der Waals surface area contributed by atoms with Gasteiger partial charge in [0, 0.05) is 17.6 Å². The van der Waals surface area contributed by atoms with Gasteiger partial charge in [-0.2, -0.15) is 0 Å². The highest BCUT2D eigenvalue weighted by molar-refractivity contribution is 6.31. The lowest BCUT2D eigenvalue weighted by Gasteiger charge is -2.15. The molecule has 118 valence electrons. The molecule has 0 aliphatic rings. The predicted octanol–water partition coefficient (Wildman–Crippen LogP) is 2.38. The molecule has 2 amide bonds. The number of halogens is 1. The number of rotatable bonds is 6. The highest BCUT2D eigenvalue weighted by Gasteiger charge is 2.11. The number of nitrogens with zero attached hydrogens (tertiary/aromatic N) is 3. The molecule has 1 unspecified atom stereocenters. The van der Waals surface area contributed by atoms with Crippen molar-refractivity contribution < 1.29 is 4.79 Å². The Morgan fingerprint density at radius 1 is 1.41 bits per heavy atom. The third-order valence-electron chi connectivity index (χ3n) is 3.30. The van der Waals surface area contributed by atoms with Crippen LogP contribution in [0.3, 0.4) is 0 Å². The lowest BCUT2D eigenvalue weighted by Crippen LogP contribution is -2.41. The van der Waals surface area contributed by atoms with Gasteiger partial charge in [0.2, 0.25) is 0 Å². The van der Waals surface area contributed by atoms with Crippen LogP contribution in [0.15, 0.2) is 30.6 Å². The number of hydrogen-bond acceptors (Lipinski definition) is 3. The lowest BCUT2D eigenvalue weighted by molar-refractivity contribution is 0.237. The maximum Gasteiger partial charge on any atom is 0.315 e. The summed E-state index contributed by atoms with van der Waals surface area (Å²) in [5, 5.41) is 14.2. The summed E-state index contributed by atoms with van der Waals surface area (Å²) in [6.07, 6.45) is 2.33. The monoisotopic (exact) mass is 321 g/mol. The summed E-state index contributed by atoms with van der Waals surface area (Å²) in [6, 6.07) is 7.38. The third kappa shape index (κ3) is 4.46. The van der Waals surface area contributed by atoms with Crippen LogP contribution >= 0.6 is 11.6 Å². The first-order chi connectivity index (χ1) is 10.6. The molecule has 1 atom stereocenters. The number of carbonyl (C=O) groups is 1.